The van der Waals surface area contributed by atoms with Gasteiger partial charge in [0, 0.05) is 48.3 Å². The van der Waals surface area contributed by atoms with Crippen molar-refractivity contribution in [3.8, 4) is 5.69 Å². The molecule has 6 heteroatoms. The van der Waals surface area contributed by atoms with Crippen LogP contribution in [-0.2, 0) is 6.54 Å². The number of pyridine rings is 1. The second kappa shape index (κ2) is 8.87. The summed E-state index contributed by atoms with van der Waals surface area (Å²) in [6, 6.07) is 22.1. The Morgan fingerprint density at radius 3 is 2.37 bits per heavy atom. The van der Waals surface area contributed by atoms with Crippen molar-refractivity contribution in [1.29, 1.82) is 0 Å². The fourth-order valence-electron chi connectivity index (χ4n) is 3.04. The van der Waals surface area contributed by atoms with Gasteiger partial charge >= 0.3 is 0 Å². The van der Waals surface area contributed by atoms with Crippen LogP contribution in [0.4, 0.5) is 5.69 Å². The Bertz CT molecular complexity index is 1140. The highest BCUT2D eigenvalue weighted by Gasteiger charge is 2.08. The first-order valence-corrected chi connectivity index (χ1v) is 9.51. The normalized spacial score (nSPS) is 10.4. The largest absolute Gasteiger partial charge is 0.348 e. The van der Waals surface area contributed by atoms with Crippen LogP contribution in [-0.4, -0.2) is 21.4 Å². The van der Waals surface area contributed by atoms with Gasteiger partial charge in [-0.15, -0.1) is 0 Å². The van der Waals surface area contributed by atoms with E-state index < -0.39 is 0 Å². The molecule has 2 heterocycles. The second-order valence-electron chi connectivity index (χ2n) is 6.72. The summed E-state index contributed by atoms with van der Waals surface area (Å²) in [5, 5.41) is 5.76. The molecule has 0 bridgehead atoms. The summed E-state index contributed by atoms with van der Waals surface area (Å²) >= 11 is 0. The van der Waals surface area contributed by atoms with E-state index in [0.29, 0.717) is 23.4 Å². The summed E-state index contributed by atoms with van der Waals surface area (Å²) in [5.41, 5.74) is 3.62. The minimum atomic E-state index is -0.194. The molecule has 0 unspecified atom stereocenters. The van der Waals surface area contributed by atoms with Crippen molar-refractivity contribution in [3.63, 3.8) is 0 Å². The van der Waals surface area contributed by atoms with Gasteiger partial charge in [0.1, 0.15) is 0 Å². The zero-order valence-electron chi connectivity index (χ0n) is 16.2. The molecule has 0 aliphatic heterocycles. The fourth-order valence-corrected chi connectivity index (χ4v) is 3.04. The highest BCUT2D eigenvalue weighted by atomic mass is 16.2. The standard InChI is InChI=1S/C24H20N4O2/c29-23(20-6-4-12-25-17-20)26-16-18-5-3-7-21(15-18)27-24(30)19-8-10-22(11-9-19)28-13-1-2-14-28/h1-15,17H,16H2,(H,26,29)(H,27,30). The minimum Gasteiger partial charge on any atom is -0.348 e. The Hall–Kier alpha value is -4.19. The molecule has 0 atom stereocenters. The van der Waals surface area contributed by atoms with Crippen molar-refractivity contribution in [2.24, 2.45) is 0 Å². The van der Waals surface area contributed by atoms with Crippen LogP contribution in [0, 0.1) is 0 Å². The number of carbonyl (C=O) groups excluding carboxylic acids is 2. The van der Waals surface area contributed by atoms with Crippen LogP contribution < -0.4 is 10.6 Å². The van der Waals surface area contributed by atoms with Crippen molar-refractivity contribution < 1.29 is 9.59 Å². The Labute approximate surface area is 174 Å². The van der Waals surface area contributed by atoms with Gasteiger partial charge in [-0.25, -0.2) is 0 Å². The van der Waals surface area contributed by atoms with Gasteiger partial charge in [-0.2, -0.15) is 0 Å². The van der Waals surface area contributed by atoms with Crippen LogP contribution in [0.15, 0.2) is 97.6 Å². The molecular weight excluding hydrogens is 376 g/mol. The van der Waals surface area contributed by atoms with Crippen LogP contribution >= 0.6 is 0 Å². The summed E-state index contributed by atoms with van der Waals surface area (Å²) in [7, 11) is 0. The molecule has 0 saturated carbocycles. The Morgan fingerprint density at radius 2 is 1.63 bits per heavy atom. The van der Waals surface area contributed by atoms with E-state index in [-0.39, 0.29) is 11.8 Å². The van der Waals surface area contributed by atoms with Crippen LogP contribution in [0.3, 0.4) is 0 Å². The third-order valence-corrected chi connectivity index (χ3v) is 4.59. The van der Waals surface area contributed by atoms with E-state index in [2.05, 4.69) is 15.6 Å². The lowest BCUT2D eigenvalue weighted by atomic mass is 10.1. The lowest BCUT2D eigenvalue weighted by molar-refractivity contribution is 0.0949. The highest BCUT2D eigenvalue weighted by Crippen LogP contribution is 2.14. The number of hydrogen-bond donors (Lipinski definition) is 2. The predicted molar refractivity (Wildman–Crippen MR) is 116 cm³/mol. The van der Waals surface area contributed by atoms with Crippen molar-refractivity contribution in [2.45, 2.75) is 6.54 Å². The third kappa shape index (κ3) is 4.62. The molecule has 0 radical (unpaired) electrons. The van der Waals surface area contributed by atoms with Crippen LogP contribution in [0.25, 0.3) is 5.69 Å². The van der Waals surface area contributed by atoms with Gasteiger partial charge in [0.2, 0.25) is 0 Å². The maximum atomic E-state index is 12.6. The second-order valence-corrected chi connectivity index (χ2v) is 6.72. The Morgan fingerprint density at radius 1 is 0.833 bits per heavy atom. The fraction of sp³-hybridized carbons (Fsp3) is 0.0417. The lowest BCUT2D eigenvalue weighted by Gasteiger charge is -2.09. The molecule has 2 N–H and O–H groups in total. The molecule has 4 aromatic rings. The third-order valence-electron chi connectivity index (χ3n) is 4.59. The summed E-state index contributed by atoms with van der Waals surface area (Å²) in [4.78, 5) is 28.7. The van der Waals surface area contributed by atoms with E-state index in [1.807, 2.05) is 65.5 Å². The maximum Gasteiger partial charge on any atom is 0.255 e. The van der Waals surface area contributed by atoms with Gasteiger partial charge in [-0.05, 0) is 66.2 Å². The smallest absolute Gasteiger partial charge is 0.255 e. The topological polar surface area (TPSA) is 76.0 Å². The molecule has 0 aliphatic carbocycles. The molecule has 4 rings (SSSR count). The first kappa shape index (κ1) is 19.1. The van der Waals surface area contributed by atoms with E-state index in [1.165, 1.54) is 6.20 Å². The van der Waals surface area contributed by atoms with Crippen molar-refractivity contribution >= 4 is 17.5 Å². The number of amides is 2. The minimum absolute atomic E-state index is 0.189. The van der Waals surface area contributed by atoms with E-state index >= 15 is 0 Å². The predicted octanol–water partition coefficient (Wildman–Crippen LogP) is 4.05. The van der Waals surface area contributed by atoms with E-state index in [0.717, 1.165) is 11.3 Å². The van der Waals surface area contributed by atoms with Crippen molar-refractivity contribution in [3.05, 3.63) is 114 Å². The zero-order valence-corrected chi connectivity index (χ0v) is 16.2. The molecule has 0 fully saturated rings. The monoisotopic (exact) mass is 396 g/mol. The molecule has 0 saturated heterocycles. The van der Waals surface area contributed by atoms with Crippen LogP contribution in [0.5, 0.6) is 0 Å². The van der Waals surface area contributed by atoms with E-state index in [9.17, 15) is 9.59 Å². The quantitative estimate of drug-likeness (QED) is 0.516. The van der Waals surface area contributed by atoms with Gasteiger partial charge in [0.15, 0.2) is 0 Å². The molecule has 2 aromatic heterocycles. The number of anilines is 1. The van der Waals surface area contributed by atoms with Gasteiger partial charge < -0.3 is 15.2 Å². The molecule has 6 nitrogen and oxygen atoms in total. The van der Waals surface area contributed by atoms with Crippen LogP contribution in [0.1, 0.15) is 26.3 Å². The maximum absolute atomic E-state index is 12.6. The summed E-state index contributed by atoms with van der Waals surface area (Å²) in [5.74, 6) is -0.383. The molecule has 0 aliphatic rings. The first-order valence-electron chi connectivity index (χ1n) is 9.51. The van der Waals surface area contributed by atoms with Crippen LogP contribution in [0.2, 0.25) is 0 Å². The Balaban J connectivity index is 1.38. The molecule has 30 heavy (non-hydrogen) atoms. The van der Waals surface area contributed by atoms with E-state index in [1.54, 1.807) is 30.5 Å². The Kier molecular flexibility index (Phi) is 5.66. The van der Waals surface area contributed by atoms with Gasteiger partial charge in [-0.1, -0.05) is 12.1 Å². The van der Waals surface area contributed by atoms with Crippen molar-refractivity contribution in [2.75, 3.05) is 5.32 Å². The number of carbonyl (C=O) groups is 2. The number of nitrogens with one attached hydrogen (secondary N) is 2. The summed E-state index contributed by atoms with van der Waals surface area (Å²) in [6.07, 6.45) is 7.05. The number of rotatable bonds is 6. The highest BCUT2D eigenvalue weighted by molar-refractivity contribution is 6.04. The molecule has 148 valence electrons. The first-order chi connectivity index (χ1) is 14.7. The van der Waals surface area contributed by atoms with Gasteiger partial charge in [-0.3, -0.25) is 14.6 Å². The average molecular weight is 396 g/mol. The molecule has 2 aromatic carbocycles. The number of hydrogen-bond acceptors (Lipinski definition) is 3. The van der Waals surface area contributed by atoms with Gasteiger partial charge in [0.05, 0.1) is 5.56 Å². The summed E-state index contributed by atoms with van der Waals surface area (Å²) in [6.45, 7) is 0.350. The molecule has 2 amide bonds. The molecule has 0 spiro atoms. The van der Waals surface area contributed by atoms with Crippen molar-refractivity contribution in [1.82, 2.24) is 14.9 Å². The number of aromatic nitrogens is 2. The zero-order chi connectivity index (χ0) is 20.8. The molecular formula is C24H20N4O2. The number of benzene rings is 2. The number of nitrogens with zero attached hydrogens (tertiary/aromatic N) is 2. The average Bonchev–Trinajstić information content (AvgIpc) is 3.33. The van der Waals surface area contributed by atoms with E-state index in [4.69, 9.17) is 0 Å². The summed E-state index contributed by atoms with van der Waals surface area (Å²) < 4.78 is 1.98. The SMILES string of the molecule is O=C(NCc1cccc(NC(=O)c2ccc(-n3cccc3)cc2)c1)c1cccnc1. The van der Waals surface area contributed by atoms with Gasteiger partial charge in [0.25, 0.3) is 11.8 Å². The lowest BCUT2D eigenvalue weighted by Crippen LogP contribution is -2.23.